The Morgan fingerprint density at radius 1 is 0.935 bits per heavy atom. The summed E-state index contributed by atoms with van der Waals surface area (Å²) in [4.78, 5) is 4.28. The molecule has 2 heterocycles. The van der Waals surface area contributed by atoms with Crippen molar-refractivity contribution in [2.75, 3.05) is 33.3 Å². The molecule has 3 aromatic rings. The van der Waals surface area contributed by atoms with Gasteiger partial charge in [0, 0.05) is 44.4 Å². The Balaban J connectivity index is 1.33. The zero-order chi connectivity index (χ0) is 21.8. The lowest BCUT2D eigenvalue weighted by Gasteiger charge is -2.34. The van der Waals surface area contributed by atoms with E-state index >= 15 is 0 Å². The minimum absolute atomic E-state index is 0.297. The van der Waals surface area contributed by atoms with E-state index in [4.69, 9.17) is 9.26 Å². The Kier molecular flexibility index (Phi) is 6.29. The number of hydrogen-bond acceptors (Lipinski definition) is 5. The molecule has 0 unspecified atom stereocenters. The minimum atomic E-state index is -4.33. The fourth-order valence-corrected chi connectivity index (χ4v) is 3.81. The molecule has 0 amide bonds. The van der Waals surface area contributed by atoms with E-state index in [1.54, 1.807) is 19.2 Å². The van der Waals surface area contributed by atoms with Gasteiger partial charge in [0.2, 0.25) is 0 Å². The van der Waals surface area contributed by atoms with Gasteiger partial charge in [-0.15, -0.1) is 0 Å². The molecule has 4 rings (SSSR count). The van der Waals surface area contributed by atoms with E-state index in [0.717, 1.165) is 41.9 Å². The van der Waals surface area contributed by atoms with Gasteiger partial charge in [0.05, 0.1) is 19.2 Å². The number of halogens is 3. The molecule has 31 heavy (non-hydrogen) atoms. The number of benzene rings is 2. The summed E-state index contributed by atoms with van der Waals surface area (Å²) in [6, 6.07) is 15.3. The maximum atomic E-state index is 13.2. The predicted octanol–water partition coefficient (Wildman–Crippen LogP) is 4.69. The van der Waals surface area contributed by atoms with Crippen LogP contribution in [0.2, 0.25) is 0 Å². The molecule has 8 heteroatoms. The quantitative estimate of drug-likeness (QED) is 0.567. The normalized spacial score (nSPS) is 15.9. The molecule has 0 N–H and O–H groups in total. The first-order valence-corrected chi connectivity index (χ1v) is 10.1. The summed E-state index contributed by atoms with van der Waals surface area (Å²) in [5, 5.41) is 4.16. The van der Waals surface area contributed by atoms with Crippen LogP contribution in [0.15, 0.2) is 59.1 Å². The summed E-state index contributed by atoms with van der Waals surface area (Å²) in [6.07, 6.45) is -4.33. The van der Waals surface area contributed by atoms with Crippen molar-refractivity contribution in [2.45, 2.75) is 19.3 Å². The number of ether oxygens (including phenoxy) is 1. The monoisotopic (exact) mass is 431 g/mol. The number of aromatic nitrogens is 1. The SMILES string of the molecule is COc1cccc(-c2cc(CN3CCN(Cc4ccccc4C(F)(F)F)CC3)on2)c1. The molecule has 0 spiro atoms. The van der Waals surface area contributed by atoms with Crippen molar-refractivity contribution in [3.05, 3.63) is 71.5 Å². The molecule has 5 nitrogen and oxygen atoms in total. The van der Waals surface area contributed by atoms with Gasteiger partial charge in [-0.05, 0) is 23.8 Å². The first-order chi connectivity index (χ1) is 14.9. The third kappa shape index (κ3) is 5.26. The van der Waals surface area contributed by atoms with E-state index < -0.39 is 11.7 Å². The van der Waals surface area contributed by atoms with Gasteiger partial charge in [-0.25, -0.2) is 0 Å². The van der Waals surface area contributed by atoms with Gasteiger partial charge in [-0.2, -0.15) is 13.2 Å². The van der Waals surface area contributed by atoms with Crippen LogP contribution in [0.3, 0.4) is 0 Å². The Hall–Kier alpha value is -2.84. The molecule has 164 valence electrons. The van der Waals surface area contributed by atoms with Gasteiger partial charge in [0.1, 0.15) is 11.4 Å². The standard InChI is InChI=1S/C23H24F3N3O2/c1-30-19-7-4-6-17(13-19)22-14-20(31-27-22)16-29-11-9-28(10-12-29)15-18-5-2-3-8-21(18)23(24,25)26/h2-8,13-14H,9-12,15-16H2,1H3. The molecular weight excluding hydrogens is 407 g/mol. The second-order valence-corrected chi connectivity index (χ2v) is 7.62. The zero-order valence-corrected chi connectivity index (χ0v) is 17.2. The molecule has 0 bridgehead atoms. The van der Waals surface area contributed by atoms with Crippen LogP contribution in [0.4, 0.5) is 13.2 Å². The smallest absolute Gasteiger partial charge is 0.416 e. The Bertz CT molecular complexity index is 1010. The maximum absolute atomic E-state index is 13.2. The summed E-state index contributed by atoms with van der Waals surface area (Å²) in [6.45, 7) is 3.81. The zero-order valence-electron chi connectivity index (χ0n) is 17.2. The lowest BCUT2D eigenvalue weighted by Crippen LogP contribution is -2.45. The van der Waals surface area contributed by atoms with E-state index in [2.05, 4.69) is 15.0 Å². The van der Waals surface area contributed by atoms with Gasteiger partial charge in [-0.1, -0.05) is 35.5 Å². The molecule has 0 saturated carbocycles. The predicted molar refractivity (Wildman–Crippen MR) is 110 cm³/mol. The second-order valence-electron chi connectivity index (χ2n) is 7.62. The number of alkyl halides is 3. The molecule has 2 aromatic carbocycles. The highest BCUT2D eigenvalue weighted by Crippen LogP contribution is 2.32. The third-order valence-electron chi connectivity index (χ3n) is 5.49. The molecule has 0 atom stereocenters. The van der Waals surface area contributed by atoms with E-state index in [0.29, 0.717) is 31.7 Å². The van der Waals surface area contributed by atoms with Gasteiger partial charge in [0.25, 0.3) is 0 Å². The van der Waals surface area contributed by atoms with Gasteiger partial charge in [-0.3, -0.25) is 9.80 Å². The lowest BCUT2D eigenvalue weighted by molar-refractivity contribution is -0.138. The van der Waals surface area contributed by atoms with Crippen molar-refractivity contribution in [3.63, 3.8) is 0 Å². The molecule has 1 aromatic heterocycles. The van der Waals surface area contributed by atoms with Crippen molar-refractivity contribution in [2.24, 2.45) is 0 Å². The fraction of sp³-hybridized carbons (Fsp3) is 0.348. The highest BCUT2D eigenvalue weighted by Gasteiger charge is 2.33. The Labute approximate surface area is 179 Å². The van der Waals surface area contributed by atoms with Crippen LogP contribution in [0.1, 0.15) is 16.9 Å². The molecule has 1 saturated heterocycles. The number of rotatable bonds is 6. The topological polar surface area (TPSA) is 41.7 Å². The highest BCUT2D eigenvalue weighted by atomic mass is 19.4. The Morgan fingerprint density at radius 3 is 2.35 bits per heavy atom. The number of hydrogen-bond donors (Lipinski definition) is 0. The van der Waals surface area contributed by atoms with Crippen molar-refractivity contribution < 1.29 is 22.4 Å². The summed E-state index contributed by atoms with van der Waals surface area (Å²) in [5.74, 6) is 1.51. The van der Waals surface area contributed by atoms with Crippen molar-refractivity contribution in [1.82, 2.24) is 15.0 Å². The van der Waals surface area contributed by atoms with Gasteiger partial charge < -0.3 is 9.26 Å². The number of piperazine rings is 1. The van der Waals surface area contributed by atoms with Crippen LogP contribution in [-0.2, 0) is 19.3 Å². The first kappa shape index (κ1) is 21.4. The van der Waals surface area contributed by atoms with Crippen LogP contribution < -0.4 is 4.74 Å². The van der Waals surface area contributed by atoms with Crippen molar-refractivity contribution in [1.29, 1.82) is 0 Å². The van der Waals surface area contributed by atoms with Crippen LogP contribution in [0, 0.1) is 0 Å². The average Bonchev–Trinajstić information content (AvgIpc) is 3.23. The highest BCUT2D eigenvalue weighted by molar-refractivity contribution is 5.60. The average molecular weight is 431 g/mol. The van der Waals surface area contributed by atoms with Crippen LogP contribution in [0.25, 0.3) is 11.3 Å². The van der Waals surface area contributed by atoms with Crippen LogP contribution in [0.5, 0.6) is 5.75 Å². The summed E-state index contributed by atoms with van der Waals surface area (Å²) >= 11 is 0. The molecule has 1 fully saturated rings. The third-order valence-corrected chi connectivity index (χ3v) is 5.49. The van der Waals surface area contributed by atoms with E-state index in [1.807, 2.05) is 30.3 Å². The second kappa shape index (κ2) is 9.11. The van der Waals surface area contributed by atoms with Gasteiger partial charge in [0.15, 0.2) is 5.76 Å². The first-order valence-electron chi connectivity index (χ1n) is 10.1. The summed E-state index contributed by atoms with van der Waals surface area (Å²) in [7, 11) is 1.62. The maximum Gasteiger partial charge on any atom is 0.416 e. The van der Waals surface area contributed by atoms with Crippen LogP contribution >= 0.6 is 0 Å². The summed E-state index contributed by atoms with van der Waals surface area (Å²) < 4.78 is 50.4. The fourth-order valence-electron chi connectivity index (χ4n) is 3.81. The van der Waals surface area contributed by atoms with E-state index in [-0.39, 0.29) is 0 Å². The molecule has 0 aliphatic carbocycles. The van der Waals surface area contributed by atoms with E-state index in [1.165, 1.54) is 6.07 Å². The number of nitrogens with zero attached hydrogens (tertiary/aromatic N) is 3. The molecule has 0 radical (unpaired) electrons. The van der Waals surface area contributed by atoms with E-state index in [9.17, 15) is 13.2 Å². The molecule has 1 aliphatic rings. The molecular formula is C23H24F3N3O2. The van der Waals surface area contributed by atoms with Crippen LogP contribution in [-0.4, -0.2) is 48.2 Å². The van der Waals surface area contributed by atoms with Crippen molar-refractivity contribution >= 4 is 0 Å². The lowest BCUT2D eigenvalue weighted by atomic mass is 10.1. The molecule has 1 aliphatic heterocycles. The number of methoxy groups -OCH3 is 1. The minimum Gasteiger partial charge on any atom is -0.497 e. The summed E-state index contributed by atoms with van der Waals surface area (Å²) in [5.41, 5.74) is 1.43. The van der Waals surface area contributed by atoms with Gasteiger partial charge >= 0.3 is 6.18 Å². The Morgan fingerprint density at radius 2 is 1.65 bits per heavy atom. The largest absolute Gasteiger partial charge is 0.497 e. The van der Waals surface area contributed by atoms with Crippen molar-refractivity contribution in [3.8, 4) is 17.0 Å².